The molecular formula is C13H27N. The number of hydrogen-bond donors (Lipinski definition) is 1. The van der Waals surface area contributed by atoms with Crippen LogP contribution in [0, 0.1) is 11.3 Å². The molecule has 0 heterocycles. The number of unbranched alkanes of at least 4 members (excludes halogenated alkanes) is 1. The van der Waals surface area contributed by atoms with Crippen LogP contribution in [-0.4, -0.2) is 12.6 Å². The molecule has 0 saturated heterocycles. The second-order valence-corrected chi connectivity index (χ2v) is 5.89. The third-order valence-electron chi connectivity index (χ3n) is 3.36. The molecule has 0 aromatic rings. The minimum Gasteiger partial charge on any atom is -0.314 e. The molecule has 0 spiro atoms. The van der Waals surface area contributed by atoms with Crippen LogP contribution in [0.1, 0.15) is 59.8 Å². The fourth-order valence-corrected chi connectivity index (χ4v) is 1.89. The molecule has 14 heavy (non-hydrogen) atoms. The van der Waals surface area contributed by atoms with Crippen LogP contribution in [0.25, 0.3) is 0 Å². The first-order valence-corrected chi connectivity index (χ1v) is 6.27. The second kappa shape index (κ2) is 5.16. The second-order valence-electron chi connectivity index (χ2n) is 5.89. The van der Waals surface area contributed by atoms with Gasteiger partial charge in [-0.1, -0.05) is 40.5 Å². The molecule has 1 N–H and O–H groups in total. The highest BCUT2D eigenvalue weighted by Crippen LogP contribution is 2.30. The van der Waals surface area contributed by atoms with Crippen molar-refractivity contribution >= 4 is 0 Å². The van der Waals surface area contributed by atoms with Gasteiger partial charge in [-0.05, 0) is 37.1 Å². The summed E-state index contributed by atoms with van der Waals surface area (Å²) in [5, 5.41) is 3.67. The summed E-state index contributed by atoms with van der Waals surface area (Å²) in [6.07, 6.45) is 6.92. The van der Waals surface area contributed by atoms with Gasteiger partial charge in [0.05, 0.1) is 0 Å². The molecular weight excluding hydrogens is 170 g/mol. The number of nitrogens with one attached hydrogen (secondary N) is 1. The standard InChI is InChI=1S/C13H27N/c1-5-6-7-11(13(2,3)4)10-14-12-8-9-12/h11-12,14H,5-10H2,1-4H3. The molecule has 1 rings (SSSR count). The van der Waals surface area contributed by atoms with Gasteiger partial charge >= 0.3 is 0 Å². The van der Waals surface area contributed by atoms with Crippen LogP contribution in [-0.2, 0) is 0 Å². The maximum atomic E-state index is 3.67. The van der Waals surface area contributed by atoms with Crippen LogP contribution in [0.2, 0.25) is 0 Å². The zero-order valence-electron chi connectivity index (χ0n) is 10.4. The molecule has 1 unspecified atom stereocenters. The van der Waals surface area contributed by atoms with E-state index >= 15 is 0 Å². The third kappa shape index (κ3) is 4.45. The van der Waals surface area contributed by atoms with E-state index in [4.69, 9.17) is 0 Å². The monoisotopic (exact) mass is 197 g/mol. The predicted octanol–water partition coefficient (Wildman–Crippen LogP) is 3.59. The molecule has 0 aromatic heterocycles. The Morgan fingerprint density at radius 3 is 2.36 bits per heavy atom. The topological polar surface area (TPSA) is 12.0 Å². The van der Waals surface area contributed by atoms with Gasteiger partial charge in [-0.3, -0.25) is 0 Å². The van der Waals surface area contributed by atoms with Gasteiger partial charge in [0.1, 0.15) is 0 Å². The first-order valence-electron chi connectivity index (χ1n) is 6.27. The zero-order chi connectivity index (χ0) is 10.6. The lowest BCUT2D eigenvalue weighted by atomic mass is 9.78. The van der Waals surface area contributed by atoms with Gasteiger partial charge in [0.25, 0.3) is 0 Å². The van der Waals surface area contributed by atoms with Gasteiger partial charge in [-0.15, -0.1) is 0 Å². The van der Waals surface area contributed by atoms with E-state index < -0.39 is 0 Å². The summed E-state index contributed by atoms with van der Waals surface area (Å²) in [6, 6.07) is 0.862. The maximum Gasteiger partial charge on any atom is 0.00683 e. The van der Waals surface area contributed by atoms with Crippen molar-refractivity contribution in [3.05, 3.63) is 0 Å². The van der Waals surface area contributed by atoms with Crippen molar-refractivity contribution in [2.75, 3.05) is 6.54 Å². The molecule has 1 aliphatic rings. The molecule has 1 atom stereocenters. The van der Waals surface area contributed by atoms with Gasteiger partial charge in [0, 0.05) is 6.04 Å². The minimum absolute atomic E-state index is 0.469. The van der Waals surface area contributed by atoms with E-state index in [-0.39, 0.29) is 0 Å². The molecule has 0 aromatic carbocycles. The lowest BCUT2D eigenvalue weighted by molar-refractivity contribution is 0.214. The smallest absolute Gasteiger partial charge is 0.00683 e. The zero-order valence-corrected chi connectivity index (χ0v) is 10.4. The summed E-state index contributed by atoms with van der Waals surface area (Å²) in [6.45, 7) is 10.6. The summed E-state index contributed by atoms with van der Waals surface area (Å²) >= 11 is 0. The summed E-state index contributed by atoms with van der Waals surface area (Å²) < 4.78 is 0. The van der Waals surface area contributed by atoms with Crippen molar-refractivity contribution in [3.8, 4) is 0 Å². The van der Waals surface area contributed by atoms with Gasteiger partial charge in [0.15, 0.2) is 0 Å². The van der Waals surface area contributed by atoms with Crippen molar-refractivity contribution in [2.24, 2.45) is 11.3 Å². The summed E-state index contributed by atoms with van der Waals surface area (Å²) in [7, 11) is 0. The van der Waals surface area contributed by atoms with Crippen molar-refractivity contribution in [1.82, 2.24) is 5.32 Å². The van der Waals surface area contributed by atoms with Gasteiger partial charge in [-0.2, -0.15) is 0 Å². The fraction of sp³-hybridized carbons (Fsp3) is 1.00. The highest BCUT2D eigenvalue weighted by molar-refractivity contribution is 4.84. The number of hydrogen-bond acceptors (Lipinski definition) is 1. The first-order chi connectivity index (χ1) is 6.54. The molecule has 84 valence electrons. The molecule has 1 saturated carbocycles. The van der Waals surface area contributed by atoms with Crippen molar-refractivity contribution in [3.63, 3.8) is 0 Å². The first kappa shape index (κ1) is 12.0. The van der Waals surface area contributed by atoms with E-state index in [2.05, 4.69) is 33.0 Å². The van der Waals surface area contributed by atoms with Crippen LogP contribution < -0.4 is 5.32 Å². The Bertz CT molecular complexity index is 153. The van der Waals surface area contributed by atoms with E-state index in [1.54, 1.807) is 0 Å². The normalized spacial score (nSPS) is 19.7. The van der Waals surface area contributed by atoms with Crippen LogP contribution in [0.4, 0.5) is 0 Å². The van der Waals surface area contributed by atoms with E-state index in [0.717, 1.165) is 12.0 Å². The Balaban J connectivity index is 2.26. The van der Waals surface area contributed by atoms with E-state index in [1.165, 1.54) is 38.6 Å². The van der Waals surface area contributed by atoms with E-state index in [9.17, 15) is 0 Å². The lowest BCUT2D eigenvalue weighted by Gasteiger charge is -2.31. The number of rotatable bonds is 6. The molecule has 0 bridgehead atoms. The molecule has 1 aliphatic carbocycles. The average Bonchev–Trinajstić information content (AvgIpc) is 2.85. The summed E-state index contributed by atoms with van der Waals surface area (Å²) in [5.41, 5.74) is 0.469. The van der Waals surface area contributed by atoms with Gasteiger partial charge in [0.2, 0.25) is 0 Å². The molecule has 0 radical (unpaired) electrons. The SMILES string of the molecule is CCCCC(CNC1CC1)C(C)(C)C. The summed E-state index contributed by atoms with van der Waals surface area (Å²) in [5.74, 6) is 0.850. The van der Waals surface area contributed by atoms with Crippen LogP contribution in [0.5, 0.6) is 0 Å². The molecule has 0 aliphatic heterocycles. The average molecular weight is 197 g/mol. The molecule has 1 nitrogen and oxygen atoms in total. The predicted molar refractivity (Wildman–Crippen MR) is 63.5 cm³/mol. The Hall–Kier alpha value is -0.0400. The quantitative estimate of drug-likeness (QED) is 0.686. The molecule has 1 fully saturated rings. The van der Waals surface area contributed by atoms with E-state index in [1.807, 2.05) is 0 Å². The van der Waals surface area contributed by atoms with Crippen molar-refractivity contribution in [1.29, 1.82) is 0 Å². The van der Waals surface area contributed by atoms with Crippen molar-refractivity contribution < 1.29 is 0 Å². The van der Waals surface area contributed by atoms with Crippen LogP contribution >= 0.6 is 0 Å². The van der Waals surface area contributed by atoms with Gasteiger partial charge in [-0.25, -0.2) is 0 Å². The Kier molecular flexibility index (Phi) is 4.43. The highest BCUT2D eigenvalue weighted by atomic mass is 14.9. The van der Waals surface area contributed by atoms with Crippen LogP contribution in [0.15, 0.2) is 0 Å². The Morgan fingerprint density at radius 2 is 1.93 bits per heavy atom. The molecule has 1 heteroatoms. The highest BCUT2D eigenvalue weighted by Gasteiger charge is 2.27. The third-order valence-corrected chi connectivity index (χ3v) is 3.36. The largest absolute Gasteiger partial charge is 0.314 e. The maximum absolute atomic E-state index is 3.67. The molecule has 0 amide bonds. The van der Waals surface area contributed by atoms with E-state index in [0.29, 0.717) is 5.41 Å². The summed E-state index contributed by atoms with van der Waals surface area (Å²) in [4.78, 5) is 0. The Labute approximate surface area is 89.7 Å². The Morgan fingerprint density at radius 1 is 1.29 bits per heavy atom. The lowest BCUT2D eigenvalue weighted by Crippen LogP contribution is -2.32. The van der Waals surface area contributed by atoms with Gasteiger partial charge < -0.3 is 5.32 Å². The van der Waals surface area contributed by atoms with Crippen molar-refractivity contribution in [2.45, 2.75) is 65.8 Å². The fourth-order valence-electron chi connectivity index (χ4n) is 1.89. The van der Waals surface area contributed by atoms with Crippen LogP contribution in [0.3, 0.4) is 0 Å². The minimum atomic E-state index is 0.469.